The molecular weight excluding hydrogens is 366 g/mol. The van der Waals surface area contributed by atoms with Crippen molar-refractivity contribution in [1.82, 2.24) is 9.38 Å². The first-order valence-corrected chi connectivity index (χ1v) is 9.26. The first-order valence-electron chi connectivity index (χ1n) is 8.44. The summed E-state index contributed by atoms with van der Waals surface area (Å²) in [4.78, 5) is 42.4. The van der Waals surface area contributed by atoms with E-state index in [0.29, 0.717) is 17.3 Å². The zero-order chi connectivity index (χ0) is 19.6. The molecule has 8 heteroatoms. The maximum absolute atomic E-state index is 12.6. The maximum Gasteiger partial charge on any atom is 0.310 e. The molecule has 0 saturated heterocycles. The highest BCUT2D eigenvalue weighted by molar-refractivity contribution is 7.17. The molecule has 7 nitrogen and oxygen atoms in total. The fraction of sp³-hybridized carbons (Fsp3) is 0.263. The van der Waals surface area contributed by atoms with Crippen LogP contribution in [0.1, 0.15) is 33.4 Å². The lowest BCUT2D eigenvalue weighted by molar-refractivity contribution is -0.142. The van der Waals surface area contributed by atoms with Gasteiger partial charge in [-0.3, -0.25) is 18.8 Å². The number of fused-ring (bicyclic) bond motifs is 1. The molecule has 1 aromatic carbocycles. The first kappa shape index (κ1) is 18.8. The Kier molecular flexibility index (Phi) is 5.36. The number of nitrogens with one attached hydrogen (secondary N) is 1. The van der Waals surface area contributed by atoms with Gasteiger partial charge in [-0.1, -0.05) is 12.1 Å². The summed E-state index contributed by atoms with van der Waals surface area (Å²) in [6.07, 6.45) is 1.47. The van der Waals surface area contributed by atoms with Gasteiger partial charge < -0.3 is 10.1 Å². The fourth-order valence-corrected chi connectivity index (χ4v) is 3.54. The highest BCUT2D eigenvalue weighted by Gasteiger charge is 2.17. The zero-order valence-electron chi connectivity index (χ0n) is 15.2. The molecule has 2 heterocycles. The average molecular weight is 385 g/mol. The van der Waals surface area contributed by atoms with E-state index < -0.39 is 11.5 Å². The SMILES string of the molecule is CCOC(=O)Cc1ccc(NC(=O)c2cnc3sc(C)c(C)n3c2=O)cc1. The van der Waals surface area contributed by atoms with Crippen LogP contribution in [-0.2, 0) is 16.0 Å². The summed E-state index contributed by atoms with van der Waals surface area (Å²) < 4.78 is 6.36. The number of carbonyl (C=O) groups is 2. The average Bonchev–Trinajstić information content (AvgIpc) is 2.92. The molecular formula is C19H19N3O4S. The summed E-state index contributed by atoms with van der Waals surface area (Å²) in [5.74, 6) is -0.827. The largest absolute Gasteiger partial charge is 0.466 e. The van der Waals surface area contributed by atoms with E-state index in [0.717, 1.165) is 16.1 Å². The molecule has 0 aliphatic rings. The van der Waals surface area contributed by atoms with Crippen LogP contribution in [0, 0.1) is 13.8 Å². The van der Waals surface area contributed by atoms with E-state index in [-0.39, 0.29) is 18.0 Å². The minimum absolute atomic E-state index is 0.0241. The van der Waals surface area contributed by atoms with Gasteiger partial charge in [0.15, 0.2) is 4.96 Å². The molecule has 0 spiro atoms. The highest BCUT2D eigenvalue weighted by Crippen LogP contribution is 2.18. The Hall–Kier alpha value is -3.00. The normalized spacial score (nSPS) is 10.8. The number of nitrogens with zero attached hydrogens (tertiary/aromatic N) is 2. The Morgan fingerprint density at radius 2 is 1.93 bits per heavy atom. The predicted octanol–water partition coefficient (Wildman–Crippen LogP) is 2.73. The van der Waals surface area contributed by atoms with Gasteiger partial charge >= 0.3 is 5.97 Å². The number of aromatic nitrogens is 2. The van der Waals surface area contributed by atoms with E-state index in [2.05, 4.69) is 10.3 Å². The molecule has 2 aromatic heterocycles. The number of thiazole rings is 1. The smallest absolute Gasteiger partial charge is 0.310 e. The molecule has 0 atom stereocenters. The number of hydrogen-bond donors (Lipinski definition) is 1. The van der Waals surface area contributed by atoms with Crippen molar-refractivity contribution in [3.63, 3.8) is 0 Å². The monoisotopic (exact) mass is 385 g/mol. The van der Waals surface area contributed by atoms with Crippen LogP contribution in [0.25, 0.3) is 4.96 Å². The minimum atomic E-state index is -0.525. The molecule has 1 N–H and O–H groups in total. The van der Waals surface area contributed by atoms with E-state index in [1.807, 2.05) is 13.8 Å². The van der Waals surface area contributed by atoms with Crippen molar-refractivity contribution in [3.8, 4) is 0 Å². The number of esters is 1. The van der Waals surface area contributed by atoms with Crippen molar-refractivity contribution in [2.45, 2.75) is 27.2 Å². The Balaban J connectivity index is 1.78. The third-order valence-corrected chi connectivity index (χ3v) is 5.20. The number of ether oxygens (including phenoxy) is 1. The second-order valence-corrected chi connectivity index (χ2v) is 7.15. The van der Waals surface area contributed by atoms with Crippen LogP contribution in [0.2, 0.25) is 0 Å². The topological polar surface area (TPSA) is 89.8 Å². The van der Waals surface area contributed by atoms with Gasteiger partial charge in [-0.15, -0.1) is 11.3 Å². The van der Waals surface area contributed by atoms with Gasteiger partial charge in [-0.05, 0) is 38.5 Å². The quantitative estimate of drug-likeness (QED) is 0.682. The molecule has 0 unspecified atom stereocenters. The van der Waals surface area contributed by atoms with Crippen LogP contribution in [0.4, 0.5) is 5.69 Å². The van der Waals surface area contributed by atoms with Gasteiger partial charge in [0.2, 0.25) is 0 Å². The van der Waals surface area contributed by atoms with Gasteiger partial charge in [0.1, 0.15) is 5.56 Å². The van der Waals surface area contributed by atoms with Gasteiger partial charge in [0.25, 0.3) is 11.5 Å². The highest BCUT2D eigenvalue weighted by atomic mass is 32.1. The molecule has 1 amide bonds. The summed E-state index contributed by atoms with van der Waals surface area (Å²) in [6.45, 7) is 5.83. The standard InChI is InChI=1S/C19H19N3O4S/c1-4-26-16(23)9-13-5-7-14(8-6-13)21-17(24)15-10-20-19-22(18(15)25)11(2)12(3)27-19/h5-8,10H,4,9H2,1-3H3,(H,21,24). The molecule has 140 valence electrons. The van der Waals surface area contributed by atoms with E-state index in [9.17, 15) is 14.4 Å². The Labute approximate surface area is 159 Å². The molecule has 0 bridgehead atoms. The number of anilines is 1. The number of benzene rings is 1. The molecule has 0 fully saturated rings. The van der Waals surface area contributed by atoms with E-state index in [1.54, 1.807) is 31.2 Å². The van der Waals surface area contributed by atoms with E-state index >= 15 is 0 Å². The lowest BCUT2D eigenvalue weighted by atomic mass is 10.1. The molecule has 3 rings (SSSR count). The summed E-state index contributed by atoms with van der Waals surface area (Å²) in [5.41, 5.74) is 1.67. The van der Waals surface area contributed by atoms with Crippen molar-refractivity contribution < 1.29 is 14.3 Å². The second kappa shape index (κ2) is 7.71. The molecule has 0 aliphatic heterocycles. The van der Waals surface area contributed by atoms with Crippen LogP contribution >= 0.6 is 11.3 Å². The number of carbonyl (C=O) groups excluding carboxylic acids is 2. The van der Waals surface area contributed by atoms with Crippen molar-refractivity contribution in [3.05, 3.63) is 62.5 Å². The summed E-state index contributed by atoms with van der Waals surface area (Å²) in [5, 5.41) is 2.69. The number of rotatable bonds is 5. The zero-order valence-corrected chi connectivity index (χ0v) is 16.1. The van der Waals surface area contributed by atoms with Gasteiger partial charge in [-0.25, -0.2) is 4.98 Å². The Morgan fingerprint density at radius 1 is 1.22 bits per heavy atom. The molecule has 0 saturated carbocycles. The van der Waals surface area contributed by atoms with Crippen molar-refractivity contribution in [1.29, 1.82) is 0 Å². The molecule has 3 aromatic rings. The van der Waals surface area contributed by atoms with Crippen LogP contribution in [-0.4, -0.2) is 27.9 Å². The maximum atomic E-state index is 12.6. The number of hydrogen-bond acceptors (Lipinski definition) is 6. The van der Waals surface area contributed by atoms with Crippen molar-refractivity contribution >= 4 is 33.9 Å². The van der Waals surface area contributed by atoms with Gasteiger partial charge in [0.05, 0.1) is 13.0 Å². The van der Waals surface area contributed by atoms with Crippen LogP contribution in [0.3, 0.4) is 0 Å². The Morgan fingerprint density at radius 3 is 2.59 bits per heavy atom. The lowest BCUT2D eigenvalue weighted by Crippen LogP contribution is -2.26. The fourth-order valence-electron chi connectivity index (χ4n) is 2.61. The first-order chi connectivity index (χ1) is 12.9. The number of amides is 1. The minimum Gasteiger partial charge on any atom is -0.466 e. The van der Waals surface area contributed by atoms with Crippen molar-refractivity contribution in [2.75, 3.05) is 11.9 Å². The molecule has 27 heavy (non-hydrogen) atoms. The summed E-state index contributed by atoms with van der Waals surface area (Å²) in [6, 6.07) is 6.81. The Bertz CT molecular complexity index is 1070. The van der Waals surface area contributed by atoms with Crippen LogP contribution in [0.15, 0.2) is 35.3 Å². The van der Waals surface area contributed by atoms with Gasteiger partial charge in [0, 0.05) is 22.5 Å². The predicted molar refractivity (Wildman–Crippen MR) is 104 cm³/mol. The van der Waals surface area contributed by atoms with Crippen LogP contribution < -0.4 is 10.9 Å². The van der Waals surface area contributed by atoms with E-state index in [4.69, 9.17) is 4.74 Å². The lowest BCUT2D eigenvalue weighted by Gasteiger charge is -2.07. The van der Waals surface area contributed by atoms with Crippen molar-refractivity contribution in [2.24, 2.45) is 0 Å². The molecule has 0 radical (unpaired) electrons. The number of aryl methyl sites for hydroxylation is 2. The molecule has 0 aliphatic carbocycles. The third-order valence-electron chi connectivity index (χ3n) is 4.13. The van der Waals surface area contributed by atoms with Crippen LogP contribution in [0.5, 0.6) is 0 Å². The second-order valence-electron chi connectivity index (χ2n) is 5.97. The summed E-state index contributed by atoms with van der Waals surface area (Å²) >= 11 is 1.41. The third kappa shape index (κ3) is 3.90. The van der Waals surface area contributed by atoms with E-state index in [1.165, 1.54) is 21.9 Å². The van der Waals surface area contributed by atoms with Gasteiger partial charge in [-0.2, -0.15) is 0 Å². The summed E-state index contributed by atoms with van der Waals surface area (Å²) in [7, 11) is 0.